The van der Waals surface area contributed by atoms with Crippen LogP contribution in [0.25, 0.3) is 0 Å². The fourth-order valence-corrected chi connectivity index (χ4v) is 1.27. The first kappa shape index (κ1) is 9.49. The minimum atomic E-state index is -0.293. The molecule has 0 saturated heterocycles. The van der Waals surface area contributed by atoms with Gasteiger partial charge < -0.3 is 4.74 Å². The molecule has 0 amide bonds. The maximum Gasteiger partial charge on any atom is 0.228 e. The van der Waals surface area contributed by atoms with E-state index in [1.807, 2.05) is 18.2 Å². The third-order valence-corrected chi connectivity index (χ3v) is 2.06. The van der Waals surface area contributed by atoms with Gasteiger partial charge in [-0.1, -0.05) is 18.2 Å². The smallest absolute Gasteiger partial charge is 0.228 e. The van der Waals surface area contributed by atoms with E-state index in [-0.39, 0.29) is 11.2 Å². The second kappa shape index (κ2) is 4.43. The van der Waals surface area contributed by atoms with Crippen molar-refractivity contribution in [1.29, 1.82) is 0 Å². The fraction of sp³-hybridized carbons (Fsp3) is 0.444. The molecule has 2 nitrogen and oxygen atoms in total. The topological polar surface area (TPSA) is 26.3 Å². The quantitative estimate of drug-likeness (QED) is 0.630. The van der Waals surface area contributed by atoms with Crippen molar-refractivity contribution in [1.82, 2.24) is 0 Å². The Bertz CT molecular complexity index is 231. The molecular weight excluding hydrogens is 176 g/mol. The molecule has 0 aliphatic heterocycles. The molecule has 12 heavy (non-hydrogen) atoms. The lowest BCUT2D eigenvalue weighted by Gasteiger charge is -2.11. The van der Waals surface area contributed by atoms with Crippen LogP contribution in [0.3, 0.4) is 0 Å². The Labute approximate surface area is 76.9 Å². The zero-order valence-corrected chi connectivity index (χ0v) is 7.67. The van der Waals surface area contributed by atoms with Crippen LogP contribution in [0, 0.1) is 5.92 Å². The number of methoxy groups -OCH3 is 1. The van der Waals surface area contributed by atoms with Crippen LogP contribution in [0.5, 0.6) is 0 Å². The summed E-state index contributed by atoms with van der Waals surface area (Å²) in [6, 6.07) is 0. The number of rotatable bonds is 3. The number of hydrogen-bond donors (Lipinski definition) is 0. The molecule has 66 valence electrons. The van der Waals surface area contributed by atoms with Crippen LogP contribution in [0.4, 0.5) is 0 Å². The van der Waals surface area contributed by atoms with Crippen molar-refractivity contribution in [3.63, 3.8) is 0 Å². The van der Waals surface area contributed by atoms with Crippen molar-refractivity contribution < 1.29 is 9.53 Å². The Balaban J connectivity index is 2.49. The van der Waals surface area contributed by atoms with Gasteiger partial charge in [-0.15, -0.1) is 0 Å². The predicted octanol–water partition coefficient (Wildman–Crippen LogP) is 1.90. The van der Waals surface area contributed by atoms with Gasteiger partial charge in [-0.3, -0.25) is 4.79 Å². The number of ether oxygens (including phenoxy) is 1. The van der Waals surface area contributed by atoms with E-state index in [4.69, 9.17) is 16.3 Å². The minimum absolute atomic E-state index is 0.146. The molecule has 0 saturated carbocycles. The summed E-state index contributed by atoms with van der Waals surface area (Å²) in [5.41, 5.74) is 1.10. The van der Waals surface area contributed by atoms with Crippen LogP contribution in [0.15, 0.2) is 23.8 Å². The largest absolute Gasteiger partial charge is 0.380 e. The van der Waals surface area contributed by atoms with Gasteiger partial charge in [0.25, 0.3) is 0 Å². The Morgan fingerprint density at radius 3 is 3.00 bits per heavy atom. The van der Waals surface area contributed by atoms with Gasteiger partial charge in [0.15, 0.2) is 0 Å². The van der Waals surface area contributed by atoms with Gasteiger partial charge >= 0.3 is 0 Å². The fourth-order valence-electron chi connectivity index (χ4n) is 1.11. The summed E-state index contributed by atoms with van der Waals surface area (Å²) < 4.78 is 4.94. The van der Waals surface area contributed by atoms with E-state index in [9.17, 15) is 4.79 Å². The molecule has 1 aliphatic rings. The highest BCUT2D eigenvalue weighted by Crippen LogP contribution is 2.18. The normalized spacial score (nSPS) is 22.2. The molecule has 0 aromatic heterocycles. The maximum atomic E-state index is 10.7. The van der Waals surface area contributed by atoms with Gasteiger partial charge in [-0.25, -0.2) is 0 Å². The molecule has 0 aromatic carbocycles. The van der Waals surface area contributed by atoms with Gasteiger partial charge in [-0.2, -0.15) is 0 Å². The monoisotopic (exact) mass is 186 g/mol. The number of hydrogen-bond acceptors (Lipinski definition) is 2. The molecule has 0 fully saturated rings. The van der Waals surface area contributed by atoms with E-state index in [2.05, 4.69) is 0 Å². The molecule has 1 rings (SSSR count). The zero-order chi connectivity index (χ0) is 8.97. The van der Waals surface area contributed by atoms with E-state index >= 15 is 0 Å². The predicted molar refractivity (Wildman–Crippen MR) is 48.1 cm³/mol. The van der Waals surface area contributed by atoms with Crippen molar-refractivity contribution in [2.24, 2.45) is 5.92 Å². The third-order valence-electron chi connectivity index (χ3n) is 1.78. The zero-order valence-electron chi connectivity index (χ0n) is 6.92. The van der Waals surface area contributed by atoms with E-state index < -0.39 is 0 Å². The van der Waals surface area contributed by atoms with Crippen molar-refractivity contribution in [2.45, 2.75) is 6.42 Å². The van der Waals surface area contributed by atoms with Crippen LogP contribution < -0.4 is 0 Å². The van der Waals surface area contributed by atoms with Gasteiger partial charge in [0.2, 0.25) is 5.24 Å². The molecule has 3 heteroatoms. The van der Waals surface area contributed by atoms with Crippen molar-refractivity contribution in [3.8, 4) is 0 Å². The van der Waals surface area contributed by atoms with E-state index in [0.29, 0.717) is 13.0 Å². The number of carbonyl (C=O) groups excluding carboxylic acids is 1. The molecule has 1 atom stereocenters. The van der Waals surface area contributed by atoms with E-state index in [1.165, 1.54) is 0 Å². The van der Waals surface area contributed by atoms with Crippen molar-refractivity contribution in [3.05, 3.63) is 23.8 Å². The lowest BCUT2D eigenvalue weighted by Crippen LogP contribution is -2.08. The summed E-state index contributed by atoms with van der Waals surface area (Å²) in [6.07, 6.45) is 6.38. The number of allylic oxidation sites excluding steroid dienone is 2. The Kier molecular flexibility index (Phi) is 3.50. The van der Waals surface area contributed by atoms with Crippen molar-refractivity contribution >= 4 is 16.8 Å². The molecule has 0 spiro atoms. The Morgan fingerprint density at radius 2 is 2.58 bits per heavy atom. The van der Waals surface area contributed by atoms with Gasteiger partial charge in [0.05, 0.1) is 12.5 Å². The molecular formula is C9H11ClO2. The number of carbonyl (C=O) groups is 1. The highest BCUT2D eigenvalue weighted by Gasteiger charge is 2.14. The highest BCUT2D eigenvalue weighted by molar-refractivity contribution is 6.64. The summed E-state index contributed by atoms with van der Waals surface area (Å²) in [4.78, 5) is 10.7. The van der Waals surface area contributed by atoms with Crippen LogP contribution >= 0.6 is 11.6 Å². The Hall–Kier alpha value is -0.600. The average Bonchev–Trinajstić information content (AvgIpc) is 2.06. The second-order valence-electron chi connectivity index (χ2n) is 2.72. The molecule has 0 bridgehead atoms. The standard InChI is InChI=1S/C9H11ClO2/c1-12-6-7-2-4-8(5-3-7)9(10)11/h2-4,8H,5-6H2,1H3/t8-/m1/s1. The lowest BCUT2D eigenvalue weighted by molar-refractivity contribution is -0.113. The lowest BCUT2D eigenvalue weighted by atomic mass is 9.98. The SMILES string of the molecule is COCC1=CC[C@H](C(=O)Cl)C=C1. The maximum absolute atomic E-state index is 10.7. The van der Waals surface area contributed by atoms with Crippen molar-refractivity contribution in [2.75, 3.05) is 13.7 Å². The average molecular weight is 187 g/mol. The summed E-state index contributed by atoms with van der Waals surface area (Å²) in [5, 5.41) is -0.293. The first-order valence-electron chi connectivity index (χ1n) is 3.79. The van der Waals surface area contributed by atoms with Crippen LogP contribution in [0.1, 0.15) is 6.42 Å². The molecule has 0 heterocycles. The summed E-state index contributed by atoms with van der Waals surface area (Å²) >= 11 is 5.33. The summed E-state index contributed by atoms with van der Waals surface area (Å²) in [5.74, 6) is -0.146. The summed E-state index contributed by atoms with van der Waals surface area (Å²) in [6.45, 7) is 0.597. The molecule has 0 aromatic rings. The van der Waals surface area contributed by atoms with E-state index in [0.717, 1.165) is 5.57 Å². The summed E-state index contributed by atoms with van der Waals surface area (Å²) in [7, 11) is 1.65. The van der Waals surface area contributed by atoms with Crippen LogP contribution in [-0.4, -0.2) is 19.0 Å². The second-order valence-corrected chi connectivity index (χ2v) is 3.09. The van der Waals surface area contributed by atoms with Gasteiger partial charge in [0.1, 0.15) is 0 Å². The molecule has 0 radical (unpaired) electrons. The minimum Gasteiger partial charge on any atom is -0.380 e. The molecule has 0 N–H and O–H groups in total. The molecule has 0 unspecified atom stereocenters. The van der Waals surface area contributed by atoms with Gasteiger partial charge in [-0.05, 0) is 23.6 Å². The highest BCUT2D eigenvalue weighted by atomic mass is 35.5. The van der Waals surface area contributed by atoms with Crippen LogP contribution in [-0.2, 0) is 9.53 Å². The van der Waals surface area contributed by atoms with Crippen LogP contribution in [0.2, 0.25) is 0 Å². The first-order valence-corrected chi connectivity index (χ1v) is 4.17. The number of halogens is 1. The Morgan fingerprint density at radius 1 is 1.83 bits per heavy atom. The van der Waals surface area contributed by atoms with E-state index in [1.54, 1.807) is 7.11 Å². The first-order chi connectivity index (χ1) is 5.74. The molecule has 1 aliphatic carbocycles. The third kappa shape index (κ3) is 2.47. The van der Waals surface area contributed by atoms with Gasteiger partial charge in [0, 0.05) is 7.11 Å².